The lowest BCUT2D eigenvalue weighted by Crippen LogP contribution is -2.17. The van der Waals surface area contributed by atoms with Crippen LogP contribution >= 0.6 is 0 Å². The number of nitrogens with one attached hydrogen (secondary N) is 1. The van der Waals surface area contributed by atoms with Crippen LogP contribution in [-0.2, 0) is 12.8 Å². The number of hydrogen-bond donors (Lipinski definition) is 1. The number of methoxy groups -OCH3 is 1. The minimum atomic E-state index is 0.385. The van der Waals surface area contributed by atoms with Crippen molar-refractivity contribution in [2.75, 3.05) is 12.4 Å². The molecule has 3 rings (SSSR count). The van der Waals surface area contributed by atoms with Gasteiger partial charge in [0.05, 0.1) is 13.2 Å². The first-order valence-electron chi connectivity index (χ1n) is 7.82. The second-order valence-corrected chi connectivity index (χ2v) is 5.70. The number of fused-ring (bicyclic) bond motifs is 1. The molecule has 1 N–H and O–H groups in total. The summed E-state index contributed by atoms with van der Waals surface area (Å²) >= 11 is 0. The third-order valence-electron chi connectivity index (χ3n) is 4.37. The van der Waals surface area contributed by atoms with Crippen LogP contribution in [0.25, 0.3) is 0 Å². The second-order valence-electron chi connectivity index (χ2n) is 5.70. The lowest BCUT2D eigenvalue weighted by Gasteiger charge is -2.27. The fraction of sp³-hybridized carbons (Fsp3) is 0.368. The molecule has 1 aliphatic carbocycles. The zero-order valence-corrected chi connectivity index (χ0v) is 12.9. The molecular weight excluding hydrogens is 258 g/mol. The van der Waals surface area contributed by atoms with Crippen LogP contribution < -0.4 is 10.1 Å². The number of anilines is 1. The summed E-state index contributed by atoms with van der Waals surface area (Å²) < 4.78 is 5.38. The van der Waals surface area contributed by atoms with E-state index >= 15 is 0 Å². The highest BCUT2D eigenvalue weighted by molar-refractivity contribution is 5.49. The summed E-state index contributed by atoms with van der Waals surface area (Å²) in [4.78, 5) is 0. The van der Waals surface area contributed by atoms with Crippen molar-refractivity contribution < 1.29 is 4.74 Å². The van der Waals surface area contributed by atoms with Crippen LogP contribution in [-0.4, -0.2) is 7.11 Å². The maximum absolute atomic E-state index is 5.38. The van der Waals surface area contributed by atoms with Crippen molar-refractivity contribution in [2.24, 2.45) is 0 Å². The molecule has 2 aromatic rings. The largest absolute Gasteiger partial charge is 0.497 e. The molecule has 1 aliphatic rings. The predicted octanol–water partition coefficient (Wildman–Crippen LogP) is 4.75. The molecule has 0 amide bonds. The first kappa shape index (κ1) is 14.0. The topological polar surface area (TPSA) is 21.3 Å². The number of hydrogen-bond acceptors (Lipinski definition) is 2. The van der Waals surface area contributed by atoms with Crippen LogP contribution in [0.1, 0.15) is 42.5 Å². The van der Waals surface area contributed by atoms with Crippen LogP contribution in [0.3, 0.4) is 0 Å². The van der Waals surface area contributed by atoms with Gasteiger partial charge in [-0.15, -0.1) is 0 Å². The van der Waals surface area contributed by atoms with Crippen molar-refractivity contribution >= 4 is 5.69 Å². The third-order valence-corrected chi connectivity index (χ3v) is 4.37. The molecule has 1 unspecified atom stereocenters. The highest BCUT2D eigenvalue weighted by Crippen LogP contribution is 2.34. The van der Waals surface area contributed by atoms with E-state index in [4.69, 9.17) is 4.74 Å². The molecule has 110 valence electrons. The van der Waals surface area contributed by atoms with Gasteiger partial charge in [0.1, 0.15) is 5.75 Å². The van der Waals surface area contributed by atoms with Gasteiger partial charge in [0.2, 0.25) is 0 Å². The van der Waals surface area contributed by atoms with Crippen LogP contribution in [0.2, 0.25) is 0 Å². The zero-order valence-electron chi connectivity index (χ0n) is 12.9. The highest BCUT2D eigenvalue weighted by Gasteiger charge is 2.20. The summed E-state index contributed by atoms with van der Waals surface area (Å²) in [5.41, 5.74) is 5.42. The first-order chi connectivity index (χ1) is 10.3. The first-order valence-corrected chi connectivity index (χ1v) is 7.82. The van der Waals surface area contributed by atoms with Crippen LogP contribution in [0, 0.1) is 0 Å². The molecule has 0 aliphatic heterocycles. The van der Waals surface area contributed by atoms with E-state index in [1.807, 2.05) is 0 Å². The molecule has 0 spiro atoms. The molecule has 0 fully saturated rings. The fourth-order valence-electron chi connectivity index (χ4n) is 3.09. The Labute approximate surface area is 127 Å². The van der Waals surface area contributed by atoms with Gasteiger partial charge in [-0.25, -0.2) is 0 Å². The van der Waals surface area contributed by atoms with E-state index in [1.54, 1.807) is 7.11 Å². The minimum absolute atomic E-state index is 0.385. The summed E-state index contributed by atoms with van der Waals surface area (Å²) in [6, 6.07) is 15.6. The number of ether oxygens (including phenoxy) is 1. The Bertz CT molecular complexity index is 603. The van der Waals surface area contributed by atoms with Gasteiger partial charge in [0.15, 0.2) is 0 Å². The maximum atomic E-state index is 5.38. The van der Waals surface area contributed by atoms with Gasteiger partial charge < -0.3 is 10.1 Å². The van der Waals surface area contributed by atoms with E-state index in [-0.39, 0.29) is 0 Å². The Morgan fingerprint density at radius 2 is 1.95 bits per heavy atom. The Morgan fingerprint density at radius 3 is 2.67 bits per heavy atom. The van der Waals surface area contributed by atoms with E-state index in [1.165, 1.54) is 41.6 Å². The molecule has 2 aromatic carbocycles. The summed E-state index contributed by atoms with van der Waals surface area (Å²) in [7, 11) is 1.73. The number of aryl methyl sites for hydroxylation is 2. The van der Waals surface area contributed by atoms with Crippen molar-refractivity contribution in [3.05, 3.63) is 59.2 Å². The Hall–Kier alpha value is -1.96. The molecule has 21 heavy (non-hydrogen) atoms. The van der Waals surface area contributed by atoms with Crippen LogP contribution in [0.4, 0.5) is 5.69 Å². The maximum Gasteiger partial charge on any atom is 0.119 e. The summed E-state index contributed by atoms with van der Waals surface area (Å²) in [5.74, 6) is 0.948. The Balaban J connectivity index is 1.83. The van der Waals surface area contributed by atoms with Crippen molar-refractivity contribution in [1.29, 1.82) is 0 Å². The van der Waals surface area contributed by atoms with Crippen molar-refractivity contribution in [2.45, 2.75) is 38.6 Å². The monoisotopic (exact) mass is 281 g/mol. The van der Waals surface area contributed by atoms with Crippen LogP contribution in [0.5, 0.6) is 5.75 Å². The molecule has 2 heteroatoms. The lowest BCUT2D eigenvalue weighted by molar-refractivity contribution is 0.413. The van der Waals surface area contributed by atoms with Gasteiger partial charge in [-0.2, -0.15) is 0 Å². The summed E-state index contributed by atoms with van der Waals surface area (Å²) in [6.45, 7) is 2.19. The normalized spacial score (nSPS) is 17.1. The van der Waals surface area contributed by atoms with E-state index in [2.05, 4.69) is 54.7 Å². The smallest absolute Gasteiger partial charge is 0.119 e. The van der Waals surface area contributed by atoms with E-state index in [9.17, 15) is 0 Å². The second kappa shape index (κ2) is 6.21. The van der Waals surface area contributed by atoms with E-state index < -0.39 is 0 Å². The highest BCUT2D eigenvalue weighted by atomic mass is 16.5. The molecule has 0 saturated heterocycles. The zero-order chi connectivity index (χ0) is 14.7. The van der Waals surface area contributed by atoms with Crippen molar-refractivity contribution in [1.82, 2.24) is 0 Å². The van der Waals surface area contributed by atoms with Gasteiger partial charge in [-0.1, -0.05) is 25.1 Å². The van der Waals surface area contributed by atoms with E-state index in [0.29, 0.717) is 6.04 Å². The van der Waals surface area contributed by atoms with E-state index in [0.717, 1.165) is 12.2 Å². The standard InChI is InChI=1S/C19H23NO/c1-3-14-7-10-16(11-8-14)20-19-6-4-5-15-9-12-17(21-2)13-18(15)19/h7-13,19-20H,3-6H2,1-2H3. The third kappa shape index (κ3) is 3.05. The summed E-state index contributed by atoms with van der Waals surface area (Å²) in [6.07, 6.45) is 4.68. The summed E-state index contributed by atoms with van der Waals surface area (Å²) in [5, 5.41) is 3.68. The molecule has 2 nitrogen and oxygen atoms in total. The SMILES string of the molecule is CCc1ccc(NC2CCCc3ccc(OC)cc32)cc1. The number of benzene rings is 2. The molecule has 1 atom stereocenters. The minimum Gasteiger partial charge on any atom is -0.497 e. The Kier molecular flexibility index (Phi) is 4.14. The molecular formula is C19H23NO. The van der Waals surface area contributed by atoms with Crippen LogP contribution in [0.15, 0.2) is 42.5 Å². The fourth-order valence-corrected chi connectivity index (χ4v) is 3.09. The van der Waals surface area contributed by atoms with Gasteiger partial charge >= 0.3 is 0 Å². The molecule has 0 aromatic heterocycles. The van der Waals surface area contributed by atoms with Gasteiger partial charge in [0, 0.05) is 5.69 Å². The lowest BCUT2D eigenvalue weighted by atomic mass is 9.87. The van der Waals surface area contributed by atoms with Crippen molar-refractivity contribution in [3.8, 4) is 5.75 Å². The van der Waals surface area contributed by atoms with Gasteiger partial charge in [-0.05, 0) is 66.6 Å². The molecule has 0 saturated carbocycles. The number of rotatable bonds is 4. The van der Waals surface area contributed by atoms with Gasteiger partial charge in [0.25, 0.3) is 0 Å². The van der Waals surface area contributed by atoms with Gasteiger partial charge in [-0.3, -0.25) is 0 Å². The Morgan fingerprint density at radius 1 is 1.14 bits per heavy atom. The molecule has 0 heterocycles. The predicted molar refractivity (Wildman–Crippen MR) is 88.1 cm³/mol. The van der Waals surface area contributed by atoms with Crippen molar-refractivity contribution in [3.63, 3.8) is 0 Å². The average Bonchev–Trinajstić information content (AvgIpc) is 2.55. The average molecular weight is 281 g/mol. The molecule has 0 bridgehead atoms. The molecule has 0 radical (unpaired) electrons. The quantitative estimate of drug-likeness (QED) is 0.873.